The fraction of sp³-hybridized carbons (Fsp3) is 0.600. The quantitative estimate of drug-likeness (QED) is 0.734. The van der Waals surface area contributed by atoms with Crippen molar-refractivity contribution < 1.29 is 4.39 Å². The van der Waals surface area contributed by atoms with E-state index < -0.39 is 0 Å². The van der Waals surface area contributed by atoms with Crippen LogP contribution in [0.4, 0.5) is 4.39 Å². The molecule has 1 rings (SSSR count). The highest BCUT2D eigenvalue weighted by Crippen LogP contribution is 2.23. The van der Waals surface area contributed by atoms with Crippen molar-refractivity contribution in [3.05, 3.63) is 34.1 Å². The highest BCUT2D eigenvalue weighted by Gasteiger charge is 2.13. The van der Waals surface area contributed by atoms with Crippen LogP contribution in [0.3, 0.4) is 0 Å². The smallest absolute Gasteiger partial charge is 0.137 e. The molecule has 0 amide bonds. The topological polar surface area (TPSA) is 12.0 Å². The van der Waals surface area contributed by atoms with Crippen LogP contribution in [0.2, 0.25) is 0 Å². The predicted molar refractivity (Wildman–Crippen MR) is 87.5 cm³/mol. The van der Waals surface area contributed by atoms with Gasteiger partial charge in [0.15, 0.2) is 0 Å². The van der Waals surface area contributed by atoms with E-state index in [1.54, 1.807) is 6.07 Å². The summed E-state index contributed by atoms with van der Waals surface area (Å²) in [5, 5.41) is 4.17. The van der Waals surface area contributed by atoms with E-state index in [0.717, 1.165) is 24.3 Å². The van der Waals surface area contributed by atoms with Crippen molar-refractivity contribution in [1.82, 2.24) is 5.32 Å². The summed E-state index contributed by atoms with van der Waals surface area (Å²) in [5.41, 5.74) is 1.04. The van der Waals surface area contributed by atoms with Gasteiger partial charge in [0, 0.05) is 17.0 Å². The number of thioether (sulfide) groups is 1. The van der Waals surface area contributed by atoms with Gasteiger partial charge in [-0.15, -0.1) is 0 Å². The lowest BCUT2D eigenvalue weighted by Gasteiger charge is -2.20. The molecule has 0 heterocycles. The van der Waals surface area contributed by atoms with Gasteiger partial charge in [0.1, 0.15) is 5.82 Å². The molecule has 0 fully saturated rings. The third-order valence-corrected chi connectivity index (χ3v) is 5.53. The van der Waals surface area contributed by atoms with Crippen LogP contribution in [0.15, 0.2) is 22.7 Å². The summed E-state index contributed by atoms with van der Waals surface area (Å²) in [5.74, 6) is 0.883. The lowest BCUT2D eigenvalue weighted by Crippen LogP contribution is -2.34. The van der Waals surface area contributed by atoms with Crippen molar-refractivity contribution >= 4 is 27.7 Å². The van der Waals surface area contributed by atoms with E-state index in [2.05, 4.69) is 42.0 Å². The minimum absolute atomic E-state index is 0.178. The number of hydrogen-bond donors (Lipinski definition) is 1. The van der Waals surface area contributed by atoms with Crippen molar-refractivity contribution in [2.24, 2.45) is 0 Å². The van der Waals surface area contributed by atoms with Crippen molar-refractivity contribution in [3.63, 3.8) is 0 Å². The van der Waals surface area contributed by atoms with Crippen molar-refractivity contribution in [3.8, 4) is 0 Å². The van der Waals surface area contributed by atoms with Gasteiger partial charge in [-0.2, -0.15) is 11.8 Å². The third kappa shape index (κ3) is 5.84. The van der Waals surface area contributed by atoms with Crippen LogP contribution < -0.4 is 5.32 Å². The van der Waals surface area contributed by atoms with Crippen LogP contribution in [0.25, 0.3) is 0 Å². The molecule has 1 aromatic rings. The number of nitrogens with one attached hydrogen (secondary N) is 1. The monoisotopic (exact) mass is 347 g/mol. The van der Waals surface area contributed by atoms with Gasteiger partial charge >= 0.3 is 0 Å². The molecule has 108 valence electrons. The van der Waals surface area contributed by atoms with Gasteiger partial charge in [0.2, 0.25) is 0 Å². The van der Waals surface area contributed by atoms with Gasteiger partial charge in [-0.3, -0.25) is 0 Å². The summed E-state index contributed by atoms with van der Waals surface area (Å²) >= 11 is 5.33. The standard InChI is InChI=1S/C15H23BrFNS/c1-4-11(3)19-10-13(18-5-2)9-12-7-6-8-14(17)15(12)16/h6-8,11,13,18H,4-5,9-10H2,1-3H3. The second-order valence-corrected chi connectivity index (χ2v) is 6.99. The summed E-state index contributed by atoms with van der Waals surface area (Å²) in [6, 6.07) is 5.65. The van der Waals surface area contributed by atoms with Gasteiger partial charge < -0.3 is 5.32 Å². The van der Waals surface area contributed by atoms with Crippen LogP contribution >= 0.6 is 27.7 Å². The number of likely N-dealkylation sites (N-methyl/N-ethyl adjacent to an activating group) is 1. The fourth-order valence-corrected chi connectivity index (χ4v) is 3.31. The van der Waals surface area contributed by atoms with Crippen molar-refractivity contribution in [2.75, 3.05) is 12.3 Å². The molecular weight excluding hydrogens is 325 g/mol. The Morgan fingerprint density at radius 1 is 1.37 bits per heavy atom. The Hall–Kier alpha value is -0.0600. The first-order valence-corrected chi connectivity index (χ1v) is 8.70. The Bertz CT molecular complexity index is 386. The molecule has 2 atom stereocenters. The molecule has 1 nitrogen and oxygen atoms in total. The first kappa shape index (κ1) is 17.0. The molecule has 0 aromatic heterocycles. The molecule has 1 aromatic carbocycles. The van der Waals surface area contributed by atoms with E-state index in [4.69, 9.17) is 0 Å². The molecule has 0 aliphatic heterocycles. The van der Waals surface area contributed by atoms with E-state index >= 15 is 0 Å². The summed E-state index contributed by atoms with van der Waals surface area (Å²) < 4.78 is 14.1. The third-order valence-electron chi connectivity index (χ3n) is 3.15. The van der Waals surface area contributed by atoms with Gasteiger partial charge in [-0.05, 0) is 46.9 Å². The molecule has 0 radical (unpaired) electrons. The SMILES string of the molecule is CCNC(CSC(C)CC)Cc1cccc(F)c1Br. The highest BCUT2D eigenvalue weighted by atomic mass is 79.9. The Balaban J connectivity index is 2.64. The highest BCUT2D eigenvalue weighted by molar-refractivity contribution is 9.10. The predicted octanol–water partition coefficient (Wildman–Crippen LogP) is 4.64. The summed E-state index contributed by atoms with van der Waals surface area (Å²) in [7, 11) is 0. The van der Waals surface area contributed by atoms with E-state index in [-0.39, 0.29) is 5.82 Å². The Morgan fingerprint density at radius 3 is 2.74 bits per heavy atom. The lowest BCUT2D eigenvalue weighted by molar-refractivity contribution is 0.565. The molecule has 0 spiro atoms. The van der Waals surface area contributed by atoms with Crippen LogP contribution in [-0.2, 0) is 6.42 Å². The van der Waals surface area contributed by atoms with Crippen molar-refractivity contribution in [2.45, 2.75) is 44.9 Å². The molecule has 0 aliphatic rings. The Labute approximate surface area is 128 Å². The number of rotatable bonds is 8. The first-order valence-electron chi connectivity index (χ1n) is 6.86. The van der Waals surface area contributed by atoms with Crippen LogP contribution in [0.5, 0.6) is 0 Å². The maximum atomic E-state index is 13.5. The molecule has 0 saturated carbocycles. The van der Waals surface area contributed by atoms with E-state index in [1.807, 2.05) is 17.8 Å². The fourth-order valence-electron chi connectivity index (χ4n) is 1.85. The minimum atomic E-state index is -0.178. The van der Waals surface area contributed by atoms with E-state index in [9.17, 15) is 4.39 Å². The van der Waals surface area contributed by atoms with Crippen molar-refractivity contribution in [1.29, 1.82) is 0 Å². The molecule has 1 N–H and O–H groups in total. The van der Waals surface area contributed by atoms with Crippen LogP contribution in [0.1, 0.15) is 32.8 Å². The zero-order valence-electron chi connectivity index (χ0n) is 11.9. The van der Waals surface area contributed by atoms with Gasteiger partial charge in [0.05, 0.1) is 4.47 Å². The number of benzene rings is 1. The second-order valence-electron chi connectivity index (χ2n) is 4.72. The normalized spacial score (nSPS) is 14.4. The van der Waals surface area contributed by atoms with Gasteiger partial charge in [-0.1, -0.05) is 32.9 Å². The second kappa shape index (κ2) is 8.98. The van der Waals surface area contributed by atoms with E-state index in [0.29, 0.717) is 15.8 Å². The molecule has 4 heteroatoms. The summed E-state index contributed by atoms with van der Waals surface area (Å²) in [6.45, 7) is 7.52. The maximum Gasteiger partial charge on any atom is 0.137 e. The van der Waals surface area contributed by atoms with Crippen LogP contribution in [0, 0.1) is 5.82 Å². The molecule has 0 saturated heterocycles. The van der Waals surface area contributed by atoms with Gasteiger partial charge in [-0.25, -0.2) is 4.39 Å². The lowest BCUT2D eigenvalue weighted by atomic mass is 10.1. The van der Waals surface area contributed by atoms with Gasteiger partial charge in [0.25, 0.3) is 0 Å². The summed E-state index contributed by atoms with van der Waals surface area (Å²) in [6.07, 6.45) is 2.04. The molecule has 0 bridgehead atoms. The Kier molecular flexibility index (Phi) is 8.03. The molecule has 2 unspecified atom stereocenters. The van der Waals surface area contributed by atoms with Crippen LogP contribution in [-0.4, -0.2) is 23.6 Å². The number of hydrogen-bond acceptors (Lipinski definition) is 2. The molecule has 19 heavy (non-hydrogen) atoms. The minimum Gasteiger partial charge on any atom is -0.313 e. The maximum absolute atomic E-state index is 13.5. The Morgan fingerprint density at radius 2 is 2.11 bits per heavy atom. The number of halogens is 2. The van der Waals surface area contributed by atoms with E-state index in [1.165, 1.54) is 12.5 Å². The molecular formula is C15H23BrFNS. The average Bonchev–Trinajstić information content (AvgIpc) is 2.41. The zero-order chi connectivity index (χ0) is 14.3. The summed E-state index contributed by atoms with van der Waals surface area (Å²) in [4.78, 5) is 0. The first-order chi connectivity index (χ1) is 9.08. The zero-order valence-corrected chi connectivity index (χ0v) is 14.3. The molecule has 0 aliphatic carbocycles. The average molecular weight is 348 g/mol. The largest absolute Gasteiger partial charge is 0.313 e.